The summed E-state index contributed by atoms with van der Waals surface area (Å²) in [6.07, 6.45) is 2.00. The predicted molar refractivity (Wildman–Crippen MR) is 281 cm³/mol. The van der Waals surface area contributed by atoms with Crippen LogP contribution in [0.25, 0.3) is 10.8 Å². The highest BCUT2D eigenvalue weighted by Gasteiger charge is 2.20. The van der Waals surface area contributed by atoms with Crippen LogP contribution in [0.3, 0.4) is 0 Å². The Morgan fingerprint density at radius 3 is 0.742 bits per heavy atom. The van der Waals surface area contributed by atoms with Crippen LogP contribution in [0.15, 0.2) is 255 Å². The maximum absolute atomic E-state index is 2.35. The normalized spacial score (nSPS) is 11.0. The van der Waals surface area contributed by atoms with Crippen molar-refractivity contribution < 1.29 is 0 Å². The summed E-state index contributed by atoms with van der Waals surface area (Å²) < 4.78 is 0. The summed E-state index contributed by atoms with van der Waals surface area (Å²) in [7, 11) is 0. The molecule has 0 radical (unpaired) electrons. The lowest BCUT2D eigenvalue weighted by molar-refractivity contribution is 1.14. The van der Waals surface area contributed by atoms with E-state index in [0.717, 1.165) is 81.1 Å². The van der Waals surface area contributed by atoms with E-state index in [4.69, 9.17) is 0 Å². The fourth-order valence-electron chi connectivity index (χ4n) is 8.85. The number of aryl methyl sites for hydroxylation is 2. The molecule has 0 heterocycles. The fourth-order valence-corrected chi connectivity index (χ4v) is 8.85. The predicted octanol–water partition coefficient (Wildman–Crippen LogP) is 17.8. The second-order valence-electron chi connectivity index (χ2n) is 16.5. The smallest absolute Gasteiger partial charge is 0.0468 e. The second-order valence-corrected chi connectivity index (χ2v) is 16.5. The first-order chi connectivity index (χ1) is 32.6. The molecule has 0 saturated heterocycles. The van der Waals surface area contributed by atoms with Crippen molar-refractivity contribution in [2.24, 2.45) is 0 Å². The molecular weight excluding hydrogens is 801 g/mol. The summed E-state index contributed by atoms with van der Waals surface area (Å²) in [5.74, 6) is 0. The van der Waals surface area contributed by atoms with Crippen molar-refractivity contribution in [1.82, 2.24) is 0 Å². The Morgan fingerprint density at radius 1 is 0.212 bits per heavy atom. The van der Waals surface area contributed by atoms with Crippen LogP contribution in [-0.2, 0) is 12.8 Å². The third kappa shape index (κ3) is 8.78. The molecule has 320 valence electrons. The lowest BCUT2D eigenvalue weighted by atomic mass is 10.1. The van der Waals surface area contributed by atoms with Crippen LogP contribution in [0.2, 0.25) is 0 Å². The fraction of sp³-hybridized carbons (Fsp3) is 0.0645. The highest BCUT2D eigenvalue weighted by molar-refractivity contribution is 5.90. The standard InChI is InChI=1S/C62H52N4/c1-3-47-24-29-54(30-25-47)63(51-18-8-5-9-19-51)56-34-38-58(39-35-56)65(59-40-36-57(37-41-59)64(52-20-10-6-11-21-52)55-31-26-48(4-2)27-32-55)60-42-44-61(45-43-60)66(53-22-12-7-13-23-53)62-33-28-49-16-14-15-17-50(49)46-62/h5-46H,3-4H2,1-2H3. The number of anilines is 12. The molecular formula is C62H52N4. The van der Waals surface area contributed by atoms with Crippen molar-refractivity contribution in [3.05, 3.63) is 266 Å². The largest absolute Gasteiger partial charge is 0.311 e. The Kier molecular flexibility index (Phi) is 12.1. The maximum Gasteiger partial charge on any atom is 0.0468 e. The molecule has 0 bridgehead atoms. The van der Waals surface area contributed by atoms with Gasteiger partial charge in [0.15, 0.2) is 0 Å². The Bertz CT molecular complexity index is 2980. The van der Waals surface area contributed by atoms with Gasteiger partial charge < -0.3 is 19.6 Å². The van der Waals surface area contributed by atoms with E-state index in [0.29, 0.717) is 0 Å². The zero-order valence-corrected chi connectivity index (χ0v) is 37.5. The molecule has 0 N–H and O–H groups in total. The van der Waals surface area contributed by atoms with E-state index in [-0.39, 0.29) is 0 Å². The van der Waals surface area contributed by atoms with E-state index >= 15 is 0 Å². The monoisotopic (exact) mass is 852 g/mol. The van der Waals surface area contributed by atoms with Crippen LogP contribution in [0.1, 0.15) is 25.0 Å². The topological polar surface area (TPSA) is 13.0 Å². The average molecular weight is 853 g/mol. The summed E-state index contributed by atoms with van der Waals surface area (Å²) in [5.41, 5.74) is 15.7. The zero-order valence-electron chi connectivity index (χ0n) is 37.5. The molecule has 0 aliphatic heterocycles. The number of fused-ring (bicyclic) bond motifs is 1. The summed E-state index contributed by atoms with van der Waals surface area (Å²) >= 11 is 0. The third-order valence-electron chi connectivity index (χ3n) is 12.3. The number of hydrogen-bond donors (Lipinski definition) is 0. The molecule has 0 spiro atoms. The van der Waals surface area contributed by atoms with Gasteiger partial charge in [-0.1, -0.05) is 123 Å². The molecule has 0 amide bonds. The molecule has 0 aliphatic carbocycles. The summed E-state index contributed by atoms with van der Waals surface area (Å²) in [4.78, 5) is 9.34. The molecule has 0 aliphatic rings. The SMILES string of the molecule is CCc1ccc(N(c2ccccc2)c2ccc(N(c3ccc(N(c4ccccc4)c4ccc(CC)cc4)cc3)c3ccc(N(c4ccccc4)c4ccc5ccccc5c4)cc3)cc2)cc1. The van der Waals surface area contributed by atoms with Gasteiger partial charge in [0.1, 0.15) is 0 Å². The second kappa shape index (κ2) is 19.2. The molecule has 0 unspecified atom stereocenters. The first-order valence-electron chi connectivity index (χ1n) is 23.0. The van der Waals surface area contributed by atoms with Crippen LogP contribution in [-0.4, -0.2) is 0 Å². The van der Waals surface area contributed by atoms with Crippen molar-refractivity contribution in [2.45, 2.75) is 26.7 Å². The Balaban J connectivity index is 1.06. The minimum absolute atomic E-state index is 1.00. The first-order valence-corrected chi connectivity index (χ1v) is 23.0. The van der Waals surface area contributed by atoms with Gasteiger partial charge in [0.05, 0.1) is 0 Å². The van der Waals surface area contributed by atoms with E-state index in [9.17, 15) is 0 Å². The van der Waals surface area contributed by atoms with Gasteiger partial charge in [0.25, 0.3) is 0 Å². The van der Waals surface area contributed by atoms with Gasteiger partial charge in [0, 0.05) is 68.2 Å². The molecule has 4 nitrogen and oxygen atoms in total. The minimum Gasteiger partial charge on any atom is -0.311 e. The molecule has 10 aromatic rings. The highest BCUT2D eigenvalue weighted by atomic mass is 15.2. The van der Waals surface area contributed by atoms with Crippen molar-refractivity contribution in [2.75, 3.05) is 19.6 Å². The van der Waals surface area contributed by atoms with Crippen molar-refractivity contribution in [3.8, 4) is 0 Å². The van der Waals surface area contributed by atoms with E-state index in [1.807, 2.05) is 0 Å². The van der Waals surface area contributed by atoms with Crippen LogP contribution < -0.4 is 19.6 Å². The molecule has 10 rings (SSSR count). The number of hydrogen-bond acceptors (Lipinski definition) is 4. The molecule has 0 fully saturated rings. The van der Waals surface area contributed by atoms with Crippen LogP contribution >= 0.6 is 0 Å². The number of para-hydroxylation sites is 3. The number of nitrogens with zero attached hydrogens (tertiary/aromatic N) is 4. The van der Waals surface area contributed by atoms with Gasteiger partial charge in [-0.05, 0) is 180 Å². The van der Waals surface area contributed by atoms with Gasteiger partial charge in [-0.15, -0.1) is 0 Å². The van der Waals surface area contributed by atoms with E-state index in [2.05, 4.69) is 288 Å². The summed E-state index contributed by atoms with van der Waals surface area (Å²) in [6, 6.07) is 91.8. The molecule has 4 heteroatoms. The van der Waals surface area contributed by atoms with Crippen molar-refractivity contribution in [1.29, 1.82) is 0 Å². The minimum atomic E-state index is 1.00. The van der Waals surface area contributed by atoms with Gasteiger partial charge in [-0.25, -0.2) is 0 Å². The van der Waals surface area contributed by atoms with Crippen LogP contribution in [0.5, 0.6) is 0 Å². The third-order valence-corrected chi connectivity index (χ3v) is 12.3. The Labute approximate surface area is 389 Å². The average Bonchev–Trinajstić information content (AvgIpc) is 3.39. The first kappa shape index (κ1) is 41.7. The maximum atomic E-state index is 2.35. The van der Waals surface area contributed by atoms with E-state index in [1.54, 1.807) is 0 Å². The van der Waals surface area contributed by atoms with Gasteiger partial charge in [0.2, 0.25) is 0 Å². The van der Waals surface area contributed by atoms with Crippen LogP contribution in [0.4, 0.5) is 68.2 Å². The highest BCUT2D eigenvalue weighted by Crippen LogP contribution is 2.43. The molecule has 66 heavy (non-hydrogen) atoms. The van der Waals surface area contributed by atoms with Gasteiger partial charge in [-0.2, -0.15) is 0 Å². The van der Waals surface area contributed by atoms with Gasteiger partial charge >= 0.3 is 0 Å². The van der Waals surface area contributed by atoms with Crippen molar-refractivity contribution in [3.63, 3.8) is 0 Å². The van der Waals surface area contributed by atoms with E-state index < -0.39 is 0 Å². The van der Waals surface area contributed by atoms with Gasteiger partial charge in [-0.3, -0.25) is 0 Å². The Hall–Kier alpha value is -8.34. The zero-order chi connectivity index (χ0) is 44.7. The Morgan fingerprint density at radius 2 is 0.439 bits per heavy atom. The molecule has 0 atom stereocenters. The number of rotatable bonds is 14. The molecule has 0 saturated carbocycles. The van der Waals surface area contributed by atoms with Crippen LogP contribution in [0, 0.1) is 0 Å². The molecule has 10 aromatic carbocycles. The summed E-state index contributed by atoms with van der Waals surface area (Å²) in [6.45, 7) is 4.40. The quantitative estimate of drug-likeness (QED) is 0.108. The summed E-state index contributed by atoms with van der Waals surface area (Å²) in [5, 5.41) is 2.43. The molecule has 0 aromatic heterocycles. The lowest BCUT2D eigenvalue weighted by Crippen LogP contribution is -2.14. The number of benzene rings is 10. The van der Waals surface area contributed by atoms with Crippen molar-refractivity contribution >= 4 is 79.0 Å². The lowest BCUT2D eigenvalue weighted by Gasteiger charge is -2.30. The van der Waals surface area contributed by atoms with E-state index in [1.165, 1.54) is 21.9 Å².